The Morgan fingerprint density at radius 1 is 1.18 bits per heavy atom. The van der Waals surface area contributed by atoms with Crippen LogP contribution in [0.2, 0.25) is 0 Å². The van der Waals surface area contributed by atoms with Crippen molar-refractivity contribution in [1.29, 1.82) is 0 Å². The molecule has 2 aromatic heterocycles. The number of carbonyl (C=O) groups is 3. The molecule has 12 nitrogen and oxygen atoms in total. The third-order valence-corrected chi connectivity index (χ3v) is 10.2. The molecule has 44 heavy (non-hydrogen) atoms. The van der Waals surface area contributed by atoms with E-state index in [1.165, 1.54) is 33.8 Å². The van der Waals surface area contributed by atoms with Crippen molar-refractivity contribution in [2.45, 2.75) is 23.3 Å². The third-order valence-electron chi connectivity index (χ3n) is 6.89. The number of β-lactam (4-membered cyclic amide) rings is 1. The lowest BCUT2D eigenvalue weighted by Gasteiger charge is -2.49. The number of aromatic amines is 1. The van der Waals surface area contributed by atoms with Gasteiger partial charge in [-0.3, -0.25) is 19.6 Å². The van der Waals surface area contributed by atoms with E-state index in [1.807, 2.05) is 60.7 Å². The smallest absolute Gasteiger partial charge is 0.356 e. The first-order valence-corrected chi connectivity index (χ1v) is 16.2. The normalized spacial score (nSPS) is 18.2. The summed E-state index contributed by atoms with van der Waals surface area (Å²) in [5.41, 5.74) is 7.99. The van der Waals surface area contributed by atoms with Crippen LogP contribution in [0, 0.1) is 0 Å². The van der Waals surface area contributed by atoms with Crippen LogP contribution >= 0.6 is 34.9 Å². The molecule has 2 atom stereocenters. The summed E-state index contributed by atoms with van der Waals surface area (Å²) in [5, 5.41) is 23.1. The molecule has 2 aliphatic heterocycles. The summed E-state index contributed by atoms with van der Waals surface area (Å²) < 4.78 is 6.17. The molecule has 2 aromatic carbocycles. The zero-order valence-electron chi connectivity index (χ0n) is 22.8. The van der Waals surface area contributed by atoms with Crippen molar-refractivity contribution in [1.82, 2.24) is 25.4 Å². The van der Waals surface area contributed by atoms with Crippen LogP contribution in [0.1, 0.15) is 28.5 Å². The molecular weight excluding hydrogens is 623 g/mol. The third kappa shape index (κ3) is 5.93. The van der Waals surface area contributed by atoms with Crippen molar-refractivity contribution >= 4 is 63.5 Å². The van der Waals surface area contributed by atoms with E-state index < -0.39 is 35.3 Å². The number of benzene rings is 2. The summed E-state index contributed by atoms with van der Waals surface area (Å²) in [6.45, 7) is 0. The van der Waals surface area contributed by atoms with Crippen molar-refractivity contribution in [2.24, 2.45) is 5.16 Å². The summed E-state index contributed by atoms with van der Waals surface area (Å²) >= 11 is 3.91. The number of aromatic nitrogens is 3. The van der Waals surface area contributed by atoms with Crippen molar-refractivity contribution in [3.63, 3.8) is 0 Å². The second-order valence-electron chi connectivity index (χ2n) is 9.65. The van der Waals surface area contributed by atoms with E-state index in [0.29, 0.717) is 16.4 Å². The first-order chi connectivity index (χ1) is 21.4. The molecule has 6 rings (SSSR count). The Hall–Kier alpha value is -4.60. The van der Waals surface area contributed by atoms with Gasteiger partial charge in [0.2, 0.25) is 0 Å². The van der Waals surface area contributed by atoms with Gasteiger partial charge in [-0.1, -0.05) is 65.8 Å². The number of anilines is 1. The number of H-pyrrole nitrogens is 1. The summed E-state index contributed by atoms with van der Waals surface area (Å²) in [7, 11) is 0. The van der Waals surface area contributed by atoms with Crippen LogP contribution in [0.4, 0.5) is 5.13 Å². The highest BCUT2D eigenvalue weighted by Crippen LogP contribution is 2.45. The van der Waals surface area contributed by atoms with Gasteiger partial charge in [-0.2, -0.15) is 5.10 Å². The van der Waals surface area contributed by atoms with E-state index in [-0.39, 0.29) is 22.2 Å². The van der Waals surface area contributed by atoms with Gasteiger partial charge in [0.15, 0.2) is 16.9 Å². The molecule has 0 saturated carbocycles. The highest BCUT2D eigenvalue weighted by molar-refractivity contribution is 8.05. The molecule has 224 valence electrons. The second kappa shape index (κ2) is 13.0. The Kier molecular flexibility index (Phi) is 8.67. The molecule has 0 bridgehead atoms. The Morgan fingerprint density at radius 3 is 2.48 bits per heavy atom. The van der Waals surface area contributed by atoms with E-state index in [9.17, 15) is 19.6 Å². The van der Waals surface area contributed by atoms with Gasteiger partial charge < -0.3 is 21.0 Å². The average Bonchev–Trinajstić information content (AvgIpc) is 3.74. The molecule has 0 aliphatic carbocycles. The Morgan fingerprint density at radius 2 is 1.89 bits per heavy atom. The minimum absolute atomic E-state index is 0.0855. The molecule has 0 unspecified atom stereocenters. The van der Waals surface area contributed by atoms with Crippen LogP contribution in [-0.4, -0.2) is 66.0 Å². The summed E-state index contributed by atoms with van der Waals surface area (Å²) in [4.78, 5) is 46.7. The van der Waals surface area contributed by atoms with Crippen LogP contribution in [0.5, 0.6) is 0 Å². The average molecular weight is 648 g/mol. The maximum atomic E-state index is 14.1. The Balaban J connectivity index is 1.28. The number of hydrogen-bond donors (Lipinski definition) is 4. The molecule has 1 saturated heterocycles. The number of hydrogen-bond acceptors (Lipinski definition) is 12. The van der Waals surface area contributed by atoms with Gasteiger partial charge in [0.05, 0.1) is 6.20 Å². The van der Waals surface area contributed by atoms with E-state index in [1.54, 1.807) is 12.4 Å². The largest absolute Gasteiger partial charge is 0.448 e. The minimum Gasteiger partial charge on any atom is -0.448 e. The number of carbonyl (C=O) groups excluding carboxylic acids is 3. The van der Waals surface area contributed by atoms with Crippen LogP contribution in [-0.2, 0) is 24.9 Å². The molecule has 15 heteroatoms. The second-order valence-corrected chi connectivity index (χ2v) is 12.7. The van der Waals surface area contributed by atoms with Crippen molar-refractivity contribution < 1.29 is 24.3 Å². The van der Waals surface area contributed by atoms with E-state index in [2.05, 4.69) is 25.7 Å². The highest BCUT2D eigenvalue weighted by atomic mass is 32.2. The molecule has 1 fully saturated rings. The number of ether oxygens (including phenoxy) is 1. The number of rotatable bonds is 10. The van der Waals surface area contributed by atoms with Gasteiger partial charge in [0.25, 0.3) is 11.8 Å². The number of nitrogens with one attached hydrogen (secondary N) is 2. The van der Waals surface area contributed by atoms with Gasteiger partial charge in [0.1, 0.15) is 22.8 Å². The molecule has 2 aliphatic rings. The summed E-state index contributed by atoms with van der Waals surface area (Å²) in [6, 6.07) is 17.8. The predicted molar refractivity (Wildman–Crippen MR) is 168 cm³/mol. The maximum Gasteiger partial charge on any atom is 0.356 e. The topological polar surface area (TPSA) is 176 Å². The number of fused-ring (bicyclic) bond motifs is 1. The van der Waals surface area contributed by atoms with Gasteiger partial charge in [-0.25, -0.2) is 9.78 Å². The van der Waals surface area contributed by atoms with Crippen LogP contribution in [0.15, 0.2) is 94.2 Å². The van der Waals surface area contributed by atoms with E-state index in [0.717, 1.165) is 28.0 Å². The van der Waals surface area contributed by atoms with Crippen LogP contribution in [0.3, 0.4) is 0 Å². The fourth-order valence-corrected chi connectivity index (χ4v) is 7.88. The summed E-state index contributed by atoms with van der Waals surface area (Å²) in [6.07, 6.45) is 2.75. The van der Waals surface area contributed by atoms with Crippen LogP contribution < -0.4 is 11.1 Å². The molecule has 5 N–H and O–H groups in total. The number of nitrogen functional groups attached to an aromatic ring is 1. The molecule has 0 spiro atoms. The molecule has 0 radical (unpaired) electrons. The lowest BCUT2D eigenvalue weighted by molar-refractivity contribution is -0.154. The zero-order valence-corrected chi connectivity index (χ0v) is 25.3. The quantitative estimate of drug-likeness (QED) is 0.0655. The predicted octanol–water partition coefficient (Wildman–Crippen LogP) is 3.50. The number of amides is 2. The maximum absolute atomic E-state index is 14.1. The number of thioether (sulfide) groups is 2. The Labute approximate surface area is 263 Å². The number of nitrogens with two attached hydrogens (primary N) is 1. The molecule has 4 heterocycles. The van der Waals surface area contributed by atoms with E-state index >= 15 is 0 Å². The highest BCUT2D eigenvalue weighted by Gasteiger charge is 2.55. The minimum atomic E-state index is -0.970. The van der Waals surface area contributed by atoms with Crippen LogP contribution in [0.25, 0.3) is 0 Å². The standard InChI is InChI=1S/C29H25N7O5S3/c30-29-33-19(14-44-29)21(35-40)25(37)34-22-26(38)36-23(20(15-43-27(22)36)42-13-16-11-31-32-12-16)28(39)41-24(17-7-3-1-4-8-17)18-9-5-2-6-10-18/h1-12,14,22,24,27,40H,13,15H2,(H2,30,33)(H,31,32)(H,34,37)/b35-21-/t22-,27+/m1/s1. The van der Waals surface area contributed by atoms with Crippen molar-refractivity contribution in [3.8, 4) is 0 Å². The fraction of sp³-hybridized carbons (Fsp3) is 0.172. The van der Waals surface area contributed by atoms with Gasteiger partial charge >= 0.3 is 5.97 Å². The monoisotopic (exact) mass is 647 g/mol. The molecular formula is C29H25N7O5S3. The number of oxime groups is 1. The number of nitrogens with zero attached hydrogens (tertiary/aromatic N) is 4. The summed E-state index contributed by atoms with van der Waals surface area (Å²) in [5.74, 6) is -1.02. The Bertz CT molecular complexity index is 1690. The molecule has 4 aromatic rings. The first-order valence-electron chi connectivity index (χ1n) is 13.3. The van der Waals surface area contributed by atoms with Crippen molar-refractivity contribution in [2.75, 3.05) is 11.5 Å². The first kappa shape index (κ1) is 29.5. The van der Waals surface area contributed by atoms with Gasteiger partial charge in [0, 0.05) is 33.6 Å². The lowest BCUT2D eigenvalue weighted by Crippen LogP contribution is -2.71. The SMILES string of the molecule is Nc1nc(/C(=N/O)C(=O)N[C@@H]2C(=O)N3C(C(=O)OC(c4ccccc4)c4ccccc4)=C(SCc4cn[nH]c4)CS[C@@H]23)cs1. The molecule has 2 amide bonds. The zero-order chi connectivity index (χ0) is 30.6. The van der Waals surface area contributed by atoms with Gasteiger partial charge in [-0.05, 0) is 11.1 Å². The van der Waals surface area contributed by atoms with Gasteiger partial charge in [-0.15, -0.1) is 34.9 Å². The van der Waals surface area contributed by atoms with E-state index in [4.69, 9.17) is 10.5 Å². The lowest BCUT2D eigenvalue weighted by atomic mass is 10.0. The fourth-order valence-electron chi connectivity index (χ4n) is 4.78. The van der Waals surface area contributed by atoms with Crippen molar-refractivity contribution in [3.05, 3.63) is 111 Å². The number of thiazole rings is 1. The number of esters is 1.